The summed E-state index contributed by atoms with van der Waals surface area (Å²) in [5, 5.41) is 0. The molecule has 5 heteroatoms. The first-order valence-electron chi connectivity index (χ1n) is 15.2. The largest absolute Gasteiger partial charge is 0.494 e. The highest BCUT2D eigenvalue weighted by Gasteiger charge is 2.32. The van der Waals surface area contributed by atoms with Crippen LogP contribution in [0.2, 0.25) is 0 Å². The maximum absolute atomic E-state index is 13.0. The van der Waals surface area contributed by atoms with E-state index in [1.807, 2.05) is 48.5 Å². The van der Waals surface area contributed by atoms with Crippen LogP contribution in [-0.4, -0.2) is 38.3 Å². The van der Waals surface area contributed by atoms with E-state index in [9.17, 15) is 4.79 Å². The zero-order valence-electron chi connectivity index (χ0n) is 23.9. The van der Waals surface area contributed by atoms with Gasteiger partial charge in [0.05, 0.1) is 26.3 Å². The number of hydrogen-bond acceptors (Lipinski definition) is 4. The van der Waals surface area contributed by atoms with E-state index >= 15 is 0 Å². The zero-order chi connectivity index (χ0) is 27.7. The van der Waals surface area contributed by atoms with Crippen LogP contribution < -0.4 is 14.4 Å². The molecule has 1 unspecified atom stereocenters. The highest BCUT2D eigenvalue weighted by atomic mass is 16.5. The van der Waals surface area contributed by atoms with Crippen LogP contribution in [0, 0.1) is 0 Å². The molecule has 4 rings (SSSR count). The summed E-state index contributed by atoms with van der Waals surface area (Å²) in [5.41, 5.74) is 2.38. The van der Waals surface area contributed by atoms with Crippen molar-refractivity contribution < 1.29 is 23.9 Å². The van der Waals surface area contributed by atoms with E-state index in [4.69, 9.17) is 14.2 Å². The second kappa shape index (κ2) is 17.4. The minimum absolute atomic E-state index is 0.0197. The van der Waals surface area contributed by atoms with Gasteiger partial charge in [0.15, 0.2) is 6.04 Å². The third-order valence-electron chi connectivity index (χ3n) is 7.68. The molecule has 1 atom stereocenters. The summed E-state index contributed by atoms with van der Waals surface area (Å²) >= 11 is 0. The Morgan fingerprint density at radius 1 is 0.625 bits per heavy atom. The van der Waals surface area contributed by atoms with Crippen LogP contribution in [0.15, 0.2) is 84.9 Å². The molecule has 0 saturated carbocycles. The Kier molecular flexibility index (Phi) is 12.9. The molecule has 1 aliphatic heterocycles. The average Bonchev–Trinajstić information content (AvgIpc) is 3.01. The third kappa shape index (κ3) is 10.7. The molecule has 0 bridgehead atoms. The highest BCUT2D eigenvalue weighted by molar-refractivity contribution is 5.74. The predicted molar refractivity (Wildman–Crippen MR) is 160 cm³/mol. The smallest absolute Gasteiger partial charge is 0.365 e. The summed E-state index contributed by atoms with van der Waals surface area (Å²) in [6.45, 7) is 3.97. The van der Waals surface area contributed by atoms with Crippen molar-refractivity contribution in [3.63, 3.8) is 0 Å². The Morgan fingerprint density at radius 2 is 1.18 bits per heavy atom. The number of piperidine rings is 1. The Bertz CT molecular complexity index is 1080. The average molecular weight is 545 g/mol. The van der Waals surface area contributed by atoms with E-state index in [0.29, 0.717) is 13.2 Å². The number of carbonyl (C=O) groups excluding carboxylic acids is 1. The monoisotopic (exact) mass is 544 g/mol. The Morgan fingerprint density at radius 3 is 1.82 bits per heavy atom. The molecule has 3 aromatic carbocycles. The number of unbranched alkanes of at least 4 members (excludes halogenated alkanes) is 5. The number of hydrogen-bond donors (Lipinski definition) is 1. The molecule has 1 fully saturated rings. The molecular formula is C35H46NO4+. The quantitative estimate of drug-likeness (QED) is 0.162. The molecule has 1 N–H and O–H groups in total. The summed E-state index contributed by atoms with van der Waals surface area (Å²) in [6.07, 6.45) is 11.0. The maximum Gasteiger partial charge on any atom is 0.365 e. The first-order valence-corrected chi connectivity index (χ1v) is 15.2. The van der Waals surface area contributed by atoms with E-state index in [-0.39, 0.29) is 12.0 Å². The molecular weight excluding hydrogens is 498 g/mol. The van der Waals surface area contributed by atoms with Crippen molar-refractivity contribution in [3.8, 4) is 11.5 Å². The lowest BCUT2D eigenvalue weighted by molar-refractivity contribution is -0.921. The first kappa shape index (κ1) is 29.7. The maximum atomic E-state index is 13.0. The van der Waals surface area contributed by atoms with Gasteiger partial charge < -0.3 is 19.1 Å². The highest BCUT2D eigenvalue weighted by Crippen LogP contribution is 2.19. The lowest BCUT2D eigenvalue weighted by Crippen LogP contribution is -3.17. The SMILES string of the molecule is O=C(OCCCCCCCCOc1ccc(OCc2ccccc2)cc1)C(Cc1ccccc1)[NH+]1CCCCC1. The number of quaternary nitrogens is 1. The molecule has 0 amide bonds. The van der Waals surface area contributed by atoms with Gasteiger partial charge in [-0.25, -0.2) is 4.79 Å². The fourth-order valence-electron chi connectivity index (χ4n) is 5.35. The van der Waals surface area contributed by atoms with Crippen molar-refractivity contribution in [3.05, 3.63) is 96.1 Å². The summed E-state index contributed by atoms with van der Waals surface area (Å²) in [6, 6.07) is 28.3. The van der Waals surface area contributed by atoms with Gasteiger partial charge in [0.25, 0.3) is 0 Å². The van der Waals surface area contributed by atoms with E-state index in [0.717, 1.165) is 75.3 Å². The van der Waals surface area contributed by atoms with E-state index < -0.39 is 0 Å². The van der Waals surface area contributed by atoms with Crippen LogP contribution in [0.4, 0.5) is 0 Å². The zero-order valence-corrected chi connectivity index (χ0v) is 23.9. The number of esters is 1. The van der Waals surface area contributed by atoms with Crippen molar-refractivity contribution in [1.29, 1.82) is 0 Å². The molecule has 1 saturated heterocycles. The molecule has 0 aliphatic carbocycles. The van der Waals surface area contributed by atoms with Gasteiger partial charge in [-0.2, -0.15) is 0 Å². The van der Waals surface area contributed by atoms with Crippen LogP contribution in [0.3, 0.4) is 0 Å². The Hall–Kier alpha value is -3.31. The van der Waals surface area contributed by atoms with Crippen molar-refractivity contribution in [1.82, 2.24) is 0 Å². The molecule has 0 radical (unpaired) electrons. The fourth-order valence-corrected chi connectivity index (χ4v) is 5.35. The molecule has 5 nitrogen and oxygen atoms in total. The van der Waals surface area contributed by atoms with E-state index in [1.165, 1.54) is 36.1 Å². The van der Waals surface area contributed by atoms with Crippen molar-refractivity contribution in [2.24, 2.45) is 0 Å². The lowest BCUT2D eigenvalue weighted by Gasteiger charge is -2.30. The van der Waals surface area contributed by atoms with Gasteiger partial charge >= 0.3 is 5.97 Å². The standard InChI is InChI=1S/C35H45NO4/c37-35(34(36-24-12-7-13-25-36)28-30-16-8-5-9-17-30)39-27-15-4-2-1-3-14-26-38-32-20-22-33(23-21-32)40-29-31-18-10-6-11-19-31/h5-6,8-11,16-23,34H,1-4,7,12-15,24-29H2/p+1. The molecule has 1 heterocycles. The Balaban J connectivity index is 1.03. The normalized spacial score (nSPS) is 14.4. The van der Waals surface area contributed by atoms with Gasteiger partial charge in [0.1, 0.15) is 18.1 Å². The van der Waals surface area contributed by atoms with Gasteiger partial charge in [0, 0.05) is 6.42 Å². The summed E-state index contributed by atoms with van der Waals surface area (Å²) < 4.78 is 17.5. The fraction of sp³-hybridized carbons (Fsp3) is 0.457. The van der Waals surface area contributed by atoms with E-state index in [1.54, 1.807) is 0 Å². The van der Waals surface area contributed by atoms with Gasteiger partial charge in [-0.1, -0.05) is 86.3 Å². The van der Waals surface area contributed by atoms with Crippen molar-refractivity contribution in [2.45, 2.75) is 76.9 Å². The summed E-state index contributed by atoms with van der Waals surface area (Å²) in [7, 11) is 0. The number of nitrogens with one attached hydrogen (secondary N) is 1. The van der Waals surface area contributed by atoms with E-state index in [2.05, 4.69) is 36.4 Å². The summed E-state index contributed by atoms with van der Waals surface area (Å²) in [4.78, 5) is 14.4. The number of rotatable bonds is 17. The van der Waals surface area contributed by atoms with Gasteiger partial charge in [0.2, 0.25) is 0 Å². The van der Waals surface area contributed by atoms with Crippen molar-refractivity contribution in [2.75, 3.05) is 26.3 Å². The van der Waals surface area contributed by atoms with Gasteiger partial charge in [-0.3, -0.25) is 0 Å². The second-order valence-corrected chi connectivity index (χ2v) is 10.8. The number of likely N-dealkylation sites (tertiary alicyclic amines) is 1. The molecule has 214 valence electrons. The minimum Gasteiger partial charge on any atom is -0.494 e. The van der Waals surface area contributed by atoms with Crippen LogP contribution >= 0.6 is 0 Å². The van der Waals surface area contributed by atoms with Gasteiger partial charge in [-0.15, -0.1) is 0 Å². The molecule has 0 spiro atoms. The number of carbonyl (C=O) groups is 1. The van der Waals surface area contributed by atoms with Crippen molar-refractivity contribution >= 4 is 5.97 Å². The third-order valence-corrected chi connectivity index (χ3v) is 7.68. The topological polar surface area (TPSA) is 49.2 Å². The van der Waals surface area contributed by atoms with Crippen LogP contribution in [0.5, 0.6) is 11.5 Å². The predicted octanol–water partition coefficient (Wildman–Crippen LogP) is 6.21. The van der Waals surface area contributed by atoms with Crippen LogP contribution in [0.1, 0.15) is 68.9 Å². The molecule has 40 heavy (non-hydrogen) atoms. The van der Waals surface area contributed by atoms with Crippen LogP contribution in [-0.2, 0) is 22.6 Å². The van der Waals surface area contributed by atoms with Crippen LogP contribution in [0.25, 0.3) is 0 Å². The second-order valence-electron chi connectivity index (χ2n) is 10.8. The minimum atomic E-state index is -0.0827. The van der Waals surface area contributed by atoms with Gasteiger partial charge in [-0.05, 0) is 67.5 Å². The number of benzene rings is 3. The Labute approximate surface area is 240 Å². The first-order chi connectivity index (χ1) is 19.8. The molecule has 1 aliphatic rings. The molecule has 3 aromatic rings. The summed E-state index contributed by atoms with van der Waals surface area (Å²) in [5.74, 6) is 1.71. The molecule has 0 aromatic heterocycles. The lowest BCUT2D eigenvalue weighted by atomic mass is 10.0. The number of ether oxygens (including phenoxy) is 3.